The molecule has 0 unspecified atom stereocenters. The van der Waals surface area contributed by atoms with E-state index in [9.17, 15) is 4.79 Å². The number of hydrogen-bond acceptors (Lipinski definition) is 5. The smallest absolute Gasteiger partial charge is 0.238 e. The molecule has 114 valence electrons. The number of carbonyl (C=O) groups is 1. The summed E-state index contributed by atoms with van der Waals surface area (Å²) in [6, 6.07) is 11.7. The fourth-order valence-corrected chi connectivity index (χ4v) is 3.32. The summed E-state index contributed by atoms with van der Waals surface area (Å²) < 4.78 is 0. The number of rotatable bonds is 7. The number of nitriles is 1. The van der Waals surface area contributed by atoms with E-state index in [1.54, 1.807) is 11.3 Å². The molecule has 4 nitrogen and oxygen atoms in total. The van der Waals surface area contributed by atoms with Crippen molar-refractivity contribution in [3.63, 3.8) is 0 Å². The third-order valence-electron chi connectivity index (χ3n) is 2.90. The van der Waals surface area contributed by atoms with Crippen LogP contribution < -0.4 is 5.32 Å². The van der Waals surface area contributed by atoms with Gasteiger partial charge in [0.05, 0.1) is 24.1 Å². The van der Waals surface area contributed by atoms with E-state index in [2.05, 4.69) is 22.8 Å². The highest BCUT2D eigenvalue weighted by molar-refractivity contribution is 7.99. The van der Waals surface area contributed by atoms with Gasteiger partial charge in [0, 0.05) is 11.4 Å². The minimum Gasteiger partial charge on any atom is -0.324 e. The van der Waals surface area contributed by atoms with Crippen LogP contribution in [0.1, 0.15) is 5.56 Å². The van der Waals surface area contributed by atoms with Gasteiger partial charge in [-0.25, -0.2) is 0 Å². The van der Waals surface area contributed by atoms with Gasteiger partial charge in [0.25, 0.3) is 0 Å². The standard InChI is InChI=1S/C16H17N3OS2/c1-19(10-13-6-8-21-12-13)11-16(20)18-14-4-2-3-5-15(14)22-9-7-17/h2-6,8,12H,9-11H2,1H3,(H,18,20). The molecular formula is C16H17N3OS2. The van der Waals surface area contributed by atoms with Crippen molar-refractivity contribution < 1.29 is 4.79 Å². The number of nitrogens with one attached hydrogen (secondary N) is 1. The maximum absolute atomic E-state index is 12.2. The normalized spacial score (nSPS) is 10.4. The van der Waals surface area contributed by atoms with E-state index in [4.69, 9.17) is 5.26 Å². The summed E-state index contributed by atoms with van der Waals surface area (Å²) in [5, 5.41) is 15.7. The van der Waals surface area contributed by atoms with Gasteiger partial charge in [0.2, 0.25) is 5.91 Å². The molecule has 1 N–H and O–H groups in total. The highest BCUT2D eigenvalue weighted by Gasteiger charge is 2.10. The van der Waals surface area contributed by atoms with Crippen molar-refractivity contribution in [2.75, 3.05) is 24.7 Å². The lowest BCUT2D eigenvalue weighted by Gasteiger charge is -2.16. The van der Waals surface area contributed by atoms with Gasteiger partial charge >= 0.3 is 0 Å². The Labute approximate surface area is 138 Å². The van der Waals surface area contributed by atoms with E-state index in [1.165, 1.54) is 17.3 Å². The van der Waals surface area contributed by atoms with Crippen LogP contribution in [-0.2, 0) is 11.3 Å². The lowest BCUT2D eigenvalue weighted by atomic mass is 10.3. The fourth-order valence-electron chi connectivity index (χ4n) is 1.99. The van der Waals surface area contributed by atoms with Crippen LogP contribution in [0.5, 0.6) is 0 Å². The van der Waals surface area contributed by atoms with Crippen LogP contribution in [0.25, 0.3) is 0 Å². The third-order valence-corrected chi connectivity index (χ3v) is 4.57. The summed E-state index contributed by atoms with van der Waals surface area (Å²) in [4.78, 5) is 15.0. The molecule has 0 saturated carbocycles. The Morgan fingerprint density at radius 2 is 2.23 bits per heavy atom. The van der Waals surface area contributed by atoms with Crippen LogP contribution in [0.2, 0.25) is 0 Å². The summed E-state index contributed by atoms with van der Waals surface area (Å²) in [7, 11) is 1.92. The van der Waals surface area contributed by atoms with Crippen LogP contribution in [0.15, 0.2) is 46.0 Å². The Morgan fingerprint density at radius 1 is 1.41 bits per heavy atom. The molecule has 0 atom stereocenters. The van der Waals surface area contributed by atoms with Gasteiger partial charge in [0.15, 0.2) is 0 Å². The van der Waals surface area contributed by atoms with E-state index < -0.39 is 0 Å². The molecule has 0 bridgehead atoms. The highest BCUT2D eigenvalue weighted by Crippen LogP contribution is 2.26. The van der Waals surface area contributed by atoms with Crippen LogP contribution in [0.3, 0.4) is 0 Å². The minimum absolute atomic E-state index is 0.0530. The SMILES string of the molecule is CN(CC(=O)Nc1ccccc1SCC#N)Cc1ccsc1. The van der Waals surface area contributed by atoms with Crippen molar-refractivity contribution >= 4 is 34.7 Å². The van der Waals surface area contributed by atoms with Gasteiger partial charge in [-0.2, -0.15) is 16.6 Å². The monoisotopic (exact) mass is 331 g/mol. The molecular weight excluding hydrogens is 314 g/mol. The van der Waals surface area contributed by atoms with Crippen LogP contribution in [0, 0.1) is 11.3 Å². The van der Waals surface area contributed by atoms with Gasteiger partial charge in [0.1, 0.15) is 0 Å². The number of thioether (sulfide) groups is 1. The zero-order valence-corrected chi connectivity index (χ0v) is 13.9. The molecule has 1 amide bonds. The average Bonchev–Trinajstić information content (AvgIpc) is 2.99. The van der Waals surface area contributed by atoms with E-state index >= 15 is 0 Å². The highest BCUT2D eigenvalue weighted by atomic mass is 32.2. The Bertz CT molecular complexity index is 650. The first-order valence-corrected chi connectivity index (χ1v) is 8.70. The molecule has 0 fully saturated rings. The predicted molar refractivity (Wildman–Crippen MR) is 92.1 cm³/mol. The van der Waals surface area contributed by atoms with Crippen molar-refractivity contribution in [2.45, 2.75) is 11.4 Å². The first-order valence-electron chi connectivity index (χ1n) is 6.77. The Balaban J connectivity index is 1.90. The molecule has 1 aromatic heterocycles. The molecule has 0 aliphatic rings. The Morgan fingerprint density at radius 3 is 2.95 bits per heavy atom. The summed E-state index contributed by atoms with van der Waals surface area (Å²) in [6.45, 7) is 1.08. The van der Waals surface area contributed by atoms with Crippen molar-refractivity contribution in [3.8, 4) is 6.07 Å². The number of anilines is 1. The topological polar surface area (TPSA) is 56.1 Å². The largest absolute Gasteiger partial charge is 0.324 e. The molecule has 0 radical (unpaired) electrons. The first kappa shape index (κ1) is 16.6. The van der Waals surface area contributed by atoms with Gasteiger partial charge in [-0.15, -0.1) is 11.8 Å². The molecule has 0 aliphatic carbocycles. The van der Waals surface area contributed by atoms with Crippen molar-refractivity contribution in [2.24, 2.45) is 0 Å². The summed E-state index contributed by atoms with van der Waals surface area (Å²) >= 11 is 3.08. The zero-order valence-electron chi connectivity index (χ0n) is 12.3. The van der Waals surface area contributed by atoms with Crippen molar-refractivity contribution in [3.05, 3.63) is 46.7 Å². The number of likely N-dealkylation sites (N-methyl/N-ethyl adjacent to an activating group) is 1. The molecule has 6 heteroatoms. The Kier molecular flexibility index (Phi) is 6.46. The quantitative estimate of drug-likeness (QED) is 0.790. The molecule has 0 aliphatic heterocycles. The average molecular weight is 331 g/mol. The van der Waals surface area contributed by atoms with Gasteiger partial charge < -0.3 is 5.32 Å². The molecule has 0 spiro atoms. The third kappa shape index (κ3) is 5.19. The summed E-state index contributed by atoms with van der Waals surface area (Å²) in [5.41, 5.74) is 1.97. The first-order chi connectivity index (χ1) is 10.7. The predicted octanol–water partition coefficient (Wildman–Crippen LogP) is 3.43. The second-order valence-electron chi connectivity index (χ2n) is 4.80. The number of para-hydroxylation sites is 1. The Hall–Kier alpha value is -1.81. The van der Waals surface area contributed by atoms with Crippen LogP contribution in [0.4, 0.5) is 5.69 Å². The minimum atomic E-state index is -0.0530. The van der Waals surface area contributed by atoms with Gasteiger partial charge in [-0.05, 0) is 41.6 Å². The number of nitrogens with zero attached hydrogens (tertiary/aromatic N) is 2. The second kappa shape index (κ2) is 8.59. The maximum Gasteiger partial charge on any atom is 0.238 e. The molecule has 1 aromatic carbocycles. The fraction of sp³-hybridized carbons (Fsp3) is 0.250. The number of hydrogen-bond donors (Lipinski definition) is 1. The van der Waals surface area contributed by atoms with E-state index in [0.29, 0.717) is 12.3 Å². The van der Waals surface area contributed by atoms with Crippen molar-refractivity contribution in [1.29, 1.82) is 5.26 Å². The lowest BCUT2D eigenvalue weighted by molar-refractivity contribution is -0.117. The summed E-state index contributed by atoms with van der Waals surface area (Å²) in [6.07, 6.45) is 0. The van der Waals surface area contributed by atoms with Crippen molar-refractivity contribution in [1.82, 2.24) is 4.90 Å². The number of carbonyl (C=O) groups excluding carboxylic acids is 1. The molecule has 0 saturated heterocycles. The van der Waals surface area contributed by atoms with E-state index in [-0.39, 0.29) is 5.91 Å². The van der Waals surface area contributed by atoms with Crippen LogP contribution in [-0.4, -0.2) is 30.2 Å². The van der Waals surface area contributed by atoms with E-state index in [1.807, 2.05) is 41.6 Å². The number of benzene rings is 1. The maximum atomic E-state index is 12.2. The number of amides is 1. The molecule has 22 heavy (non-hydrogen) atoms. The zero-order chi connectivity index (χ0) is 15.8. The summed E-state index contributed by atoms with van der Waals surface area (Å²) in [5.74, 6) is 0.313. The van der Waals surface area contributed by atoms with Crippen LogP contribution >= 0.6 is 23.1 Å². The number of thiophene rings is 1. The molecule has 2 rings (SSSR count). The van der Waals surface area contributed by atoms with E-state index in [0.717, 1.165) is 17.1 Å². The van der Waals surface area contributed by atoms with Gasteiger partial charge in [-0.1, -0.05) is 12.1 Å². The molecule has 2 aromatic rings. The molecule has 1 heterocycles. The second-order valence-corrected chi connectivity index (χ2v) is 6.59. The lowest BCUT2D eigenvalue weighted by Crippen LogP contribution is -2.29. The van der Waals surface area contributed by atoms with Gasteiger partial charge in [-0.3, -0.25) is 9.69 Å².